The zero-order valence-electron chi connectivity index (χ0n) is 29.9. The number of carbonyl (C=O) groups excluding carboxylic acids is 2. The largest absolute Gasteiger partial charge is 0.508 e. The number of carbonyl (C=O) groups is 2. The Kier molecular flexibility index (Phi) is 11.6. The molecule has 55 heavy (non-hydrogen) atoms. The van der Waals surface area contributed by atoms with Crippen molar-refractivity contribution >= 4 is 22.9 Å². The summed E-state index contributed by atoms with van der Waals surface area (Å²) in [6, 6.07) is 20.4. The van der Waals surface area contributed by atoms with Crippen LogP contribution in [0.3, 0.4) is 0 Å². The van der Waals surface area contributed by atoms with Crippen molar-refractivity contribution in [2.75, 3.05) is 6.61 Å². The molecule has 14 nitrogen and oxygen atoms in total. The van der Waals surface area contributed by atoms with E-state index in [0.29, 0.717) is 0 Å². The summed E-state index contributed by atoms with van der Waals surface area (Å²) < 4.78 is 29.5. The van der Waals surface area contributed by atoms with Gasteiger partial charge in [-0.3, -0.25) is 14.4 Å². The molecule has 0 saturated carbocycles. The third-order valence-electron chi connectivity index (χ3n) is 9.20. The summed E-state index contributed by atoms with van der Waals surface area (Å²) >= 11 is 0. The molecule has 288 valence electrons. The number of phenolic OH excluding ortho intramolecular Hbond substituents is 4. The van der Waals surface area contributed by atoms with Crippen molar-refractivity contribution in [2.45, 2.75) is 70.2 Å². The number of aryl methyl sites for hydroxylation is 4. The van der Waals surface area contributed by atoms with Crippen LogP contribution in [0, 0.1) is 13.8 Å². The first-order chi connectivity index (χ1) is 26.3. The smallest absolute Gasteiger partial charge is 0.306 e. The number of benzene rings is 4. The monoisotopic (exact) mass is 756 g/mol. The molecule has 1 aromatic heterocycles. The maximum atomic E-state index is 14.1. The number of esters is 2. The second kappa shape index (κ2) is 16.5. The highest BCUT2D eigenvalue weighted by Crippen LogP contribution is 2.40. The van der Waals surface area contributed by atoms with Crippen LogP contribution in [-0.4, -0.2) is 79.9 Å². The number of aliphatic hydroxyl groups excluding tert-OH is 2. The molecule has 0 aliphatic carbocycles. The van der Waals surface area contributed by atoms with Crippen LogP contribution in [-0.2, 0) is 36.6 Å². The maximum absolute atomic E-state index is 14.1. The average Bonchev–Trinajstić information content (AvgIpc) is 3.15. The Bertz CT molecular complexity index is 2230. The molecule has 1 fully saturated rings. The van der Waals surface area contributed by atoms with Crippen molar-refractivity contribution in [3.8, 4) is 40.1 Å². The van der Waals surface area contributed by atoms with E-state index in [2.05, 4.69) is 0 Å². The molecule has 0 bridgehead atoms. The SMILES string of the molecule is Cc1ccc(CCC(=O)OC2[C@H](Oc3c(-c4ccc(O)c(O)c4)oc4cc(O)cc(O)c4c3=O)OC(CO)C(O)[C@@H]2OC(=O)CCc2ccc(C)cc2)cc1. The second-order valence-electron chi connectivity index (χ2n) is 13.3. The highest BCUT2D eigenvalue weighted by Gasteiger charge is 2.51. The average molecular weight is 757 g/mol. The van der Waals surface area contributed by atoms with Gasteiger partial charge in [0.05, 0.1) is 6.61 Å². The first kappa shape index (κ1) is 38.6. The van der Waals surface area contributed by atoms with Gasteiger partial charge in [-0.15, -0.1) is 0 Å². The molecular weight excluding hydrogens is 716 g/mol. The number of hydrogen-bond acceptors (Lipinski definition) is 14. The molecule has 3 unspecified atom stereocenters. The molecule has 0 spiro atoms. The van der Waals surface area contributed by atoms with Crippen molar-refractivity contribution in [3.05, 3.63) is 111 Å². The van der Waals surface area contributed by atoms with Gasteiger partial charge in [-0.2, -0.15) is 0 Å². The summed E-state index contributed by atoms with van der Waals surface area (Å²) in [7, 11) is 0. The molecule has 2 heterocycles. The summed E-state index contributed by atoms with van der Waals surface area (Å²) in [4.78, 5) is 40.9. The third-order valence-corrected chi connectivity index (χ3v) is 9.20. The van der Waals surface area contributed by atoms with Crippen LogP contribution in [0.4, 0.5) is 0 Å². The number of aliphatic hydroxyl groups is 2. The predicted molar refractivity (Wildman–Crippen MR) is 196 cm³/mol. The van der Waals surface area contributed by atoms with E-state index in [1.165, 1.54) is 6.07 Å². The summed E-state index contributed by atoms with van der Waals surface area (Å²) in [6.07, 6.45) is -8.25. The van der Waals surface area contributed by atoms with Gasteiger partial charge in [0.25, 0.3) is 0 Å². The molecule has 4 aromatic carbocycles. The van der Waals surface area contributed by atoms with Crippen LogP contribution in [0.15, 0.2) is 88.1 Å². The molecule has 1 saturated heterocycles. The van der Waals surface area contributed by atoms with Crippen LogP contribution in [0.5, 0.6) is 28.7 Å². The number of ether oxygens (including phenoxy) is 4. The van der Waals surface area contributed by atoms with Crippen LogP contribution in [0.2, 0.25) is 0 Å². The van der Waals surface area contributed by atoms with Crippen molar-refractivity contribution in [3.63, 3.8) is 0 Å². The molecule has 0 amide bonds. The van der Waals surface area contributed by atoms with E-state index in [4.69, 9.17) is 23.4 Å². The zero-order valence-corrected chi connectivity index (χ0v) is 29.9. The molecule has 0 radical (unpaired) electrons. The number of aromatic hydroxyl groups is 4. The maximum Gasteiger partial charge on any atom is 0.306 e. The first-order valence-electron chi connectivity index (χ1n) is 17.5. The Morgan fingerprint density at radius 1 is 0.727 bits per heavy atom. The van der Waals surface area contributed by atoms with E-state index >= 15 is 0 Å². The zero-order chi connectivity index (χ0) is 39.4. The fraction of sp³-hybridized carbons (Fsp3) is 0.293. The van der Waals surface area contributed by atoms with E-state index in [1.807, 2.05) is 62.4 Å². The van der Waals surface area contributed by atoms with Gasteiger partial charge in [0.15, 0.2) is 23.4 Å². The molecular formula is C41H40O14. The van der Waals surface area contributed by atoms with E-state index in [1.54, 1.807) is 0 Å². The lowest BCUT2D eigenvalue weighted by molar-refractivity contribution is -0.286. The highest BCUT2D eigenvalue weighted by atomic mass is 16.7. The van der Waals surface area contributed by atoms with Gasteiger partial charge in [-0.25, -0.2) is 0 Å². The van der Waals surface area contributed by atoms with Crippen LogP contribution >= 0.6 is 0 Å². The minimum absolute atomic E-state index is 0.0209. The molecule has 6 N–H and O–H groups in total. The van der Waals surface area contributed by atoms with E-state index < -0.39 is 88.8 Å². The van der Waals surface area contributed by atoms with Crippen LogP contribution in [0.25, 0.3) is 22.3 Å². The van der Waals surface area contributed by atoms with E-state index in [0.717, 1.165) is 46.5 Å². The molecule has 1 aliphatic heterocycles. The molecule has 5 atom stereocenters. The molecule has 14 heteroatoms. The van der Waals surface area contributed by atoms with Gasteiger partial charge >= 0.3 is 11.9 Å². The van der Waals surface area contributed by atoms with Crippen molar-refractivity contribution < 1.29 is 63.6 Å². The van der Waals surface area contributed by atoms with Crippen molar-refractivity contribution in [1.82, 2.24) is 0 Å². The Morgan fingerprint density at radius 2 is 1.31 bits per heavy atom. The Morgan fingerprint density at radius 3 is 1.87 bits per heavy atom. The number of fused-ring (bicyclic) bond motifs is 1. The van der Waals surface area contributed by atoms with E-state index in [9.17, 15) is 45.0 Å². The van der Waals surface area contributed by atoms with Gasteiger partial charge in [-0.05, 0) is 56.0 Å². The minimum Gasteiger partial charge on any atom is -0.508 e. The topological polar surface area (TPSA) is 223 Å². The van der Waals surface area contributed by atoms with Crippen molar-refractivity contribution in [1.29, 1.82) is 0 Å². The van der Waals surface area contributed by atoms with Gasteiger partial charge in [0, 0.05) is 30.5 Å². The van der Waals surface area contributed by atoms with Gasteiger partial charge in [-0.1, -0.05) is 59.7 Å². The Balaban J connectivity index is 1.39. The second-order valence-corrected chi connectivity index (χ2v) is 13.3. The van der Waals surface area contributed by atoms with Crippen molar-refractivity contribution in [2.24, 2.45) is 0 Å². The Hall–Kier alpha value is -6.09. The summed E-state index contributed by atoms with van der Waals surface area (Å²) in [5, 5.41) is 62.2. The first-order valence-corrected chi connectivity index (χ1v) is 17.5. The lowest BCUT2D eigenvalue weighted by Gasteiger charge is -2.42. The van der Waals surface area contributed by atoms with Crippen LogP contribution < -0.4 is 10.2 Å². The van der Waals surface area contributed by atoms with E-state index in [-0.39, 0.29) is 42.6 Å². The lowest BCUT2D eigenvalue weighted by Crippen LogP contribution is -2.62. The molecule has 1 aliphatic rings. The third kappa shape index (κ3) is 8.83. The van der Waals surface area contributed by atoms with Gasteiger partial charge in [0.1, 0.15) is 34.7 Å². The predicted octanol–water partition coefficient (Wildman–Crippen LogP) is 4.45. The summed E-state index contributed by atoms with van der Waals surface area (Å²) in [5.74, 6) is -4.85. The Labute approximate surface area is 314 Å². The number of phenols is 4. The normalized spacial score (nSPS) is 19.5. The fourth-order valence-corrected chi connectivity index (χ4v) is 6.17. The highest BCUT2D eigenvalue weighted by molar-refractivity contribution is 5.88. The fourth-order valence-electron chi connectivity index (χ4n) is 6.17. The standard InChI is InChI=1S/C41H40O14/c1-21-3-7-23(8-4-21)11-15-32(47)53-38-35(49)31(20-42)52-41(40(38)54-33(48)16-12-24-9-5-22(2)6-10-24)55-39-36(50)34-29(46)18-26(43)19-30(34)51-37(39)25-13-14-27(44)28(45)17-25/h3-10,13-14,17-19,31,35,38,40-46,49H,11-12,15-16,20H2,1-2H3/t31?,35?,38-,40?,41-/m0/s1. The summed E-state index contributed by atoms with van der Waals surface area (Å²) in [5.41, 5.74) is 2.41. The lowest BCUT2D eigenvalue weighted by atomic mass is 9.98. The van der Waals surface area contributed by atoms with Gasteiger partial charge in [0.2, 0.25) is 23.6 Å². The van der Waals surface area contributed by atoms with Crippen LogP contribution in [0.1, 0.15) is 35.1 Å². The number of hydrogen-bond donors (Lipinski definition) is 6. The molecule has 5 aromatic rings. The number of rotatable bonds is 12. The minimum atomic E-state index is -1.86. The van der Waals surface area contributed by atoms with Gasteiger partial charge < -0.3 is 54.0 Å². The molecule has 6 rings (SSSR count). The quantitative estimate of drug-likeness (QED) is 0.0765. The summed E-state index contributed by atoms with van der Waals surface area (Å²) in [6.45, 7) is 3.03.